The highest BCUT2D eigenvalue weighted by molar-refractivity contribution is 5.95. The molecule has 2 fully saturated rings. The molecule has 1 aromatic heterocycles. The molecule has 0 atom stereocenters. The van der Waals surface area contributed by atoms with E-state index in [1.54, 1.807) is 29.2 Å². The van der Waals surface area contributed by atoms with Crippen LogP contribution in [0.15, 0.2) is 70.4 Å². The molecule has 1 N–H and O–H groups in total. The zero-order valence-electron chi connectivity index (χ0n) is 22.3. The molecule has 2 aliphatic heterocycles. The number of carbonyl (C=O) groups is 3. The van der Waals surface area contributed by atoms with Crippen molar-refractivity contribution in [1.82, 2.24) is 15.1 Å². The third-order valence-electron chi connectivity index (χ3n) is 7.19. The molecule has 5 rings (SSSR count). The van der Waals surface area contributed by atoms with Crippen molar-refractivity contribution in [3.05, 3.63) is 82.7 Å². The van der Waals surface area contributed by atoms with Gasteiger partial charge in [-0.05, 0) is 36.2 Å². The van der Waals surface area contributed by atoms with Crippen LogP contribution in [0.5, 0.6) is 5.75 Å². The Morgan fingerprint density at radius 1 is 1.02 bits per heavy atom. The van der Waals surface area contributed by atoms with Crippen LogP contribution in [0, 0.1) is 0 Å². The summed E-state index contributed by atoms with van der Waals surface area (Å²) in [4.78, 5) is 56.1. The number of benzene rings is 2. The molecule has 2 aromatic carbocycles. The Hall–Kier alpha value is -4.60. The summed E-state index contributed by atoms with van der Waals surface area (Å²) in [7, 11) is 0. The topological polar surface area (TPSA) is 112 Å². The number of carbonyl (C=O) groups excluding carboxylic acids is 3. The second-order valence-electron chi connectivity index (χ2n) is 9.83. The molecule has 3 amide bonds. The lowest BCUT2D eigenvalue weighted by Crippen LogP contribution is -2.51. The summed E-state index contributed by atoms with van der Waals surface area (Å²) in [5.41, 5.74) is 2.04. The Balaban J connectivity index is 1.15. The van der Waals surface area contributed by atoms with E-state index in [-0.39, 0.29) is 35.1 Å². The van der Waals surface area contributed by atoms with E-state index in [4.69, 9.17) is 9.15 Å². The highest BCUT2D eigenvalue weighted by Gasteiger charge is 2.25. The Morgan fingerprint density at radius 3 is 2.58 bits per heavy atom. The van der Waals surface area contributed by atoms with Crippen LogP contribution in [-0.2, 0) is 16.1 Å². The third-order valence-corrected chi connectivity index (χ3v) is 7.19. The standard InChI is InChI=1S/C30H32N4O6/c1-2-16-39-22-9-10-26-23(17-22)25(35)18-27(40-26)30(38)31-19-29(37)33-14-12-32(13-15-33)24-7-4-3-6-21(24)20-34-11-5-8-28(34)36/h2-4,6-7,9-10,17-18H,1,5,8,11-16,19-20H2,(H,31,38). The van der Waals surface area contributed by atoms with E-state index in [0.717, 1.165) is 30.3 Å². The Bertz CT molecular complexity index is 1490. The van der Waals surface area contributed by atoms with E-state index in [9.17, 15) is 19.2 Å². The second-order valence-corrected chi connectivity index (χ2v) is 9.83. The van der Waals surface area contributed by atoms with Gasteiger partial charge in [-0.15, -0.1) is 0 Å². The molecule has 2 saturated heterocycles. The predicted molar refractivity (Wildman–Crippen MR) is 150 cm³/mol. The van der Waals surface area contributed by atoms with Gasteiger partial charge >= 0.3 is 0 Å². The fourth-order valence-corrected chi connectivity index (χ4v) is 5.07. The van der Waals surface area contributed by atoms with Crippen LogP contribution >= 0.6 is 0 Å². The number of hydrogen-bond acceptors (Lipinski definition) is 7. The van der Waals surface area contributed by atoms with Crippen molar-refractivity contribution in [3.8, 4) is 5.75 Å². The fraction of sp³-hybridized carbons (Fsp3) is 0.333. The summed E-state index contributed by atoms with van der Waals surface area (Å²) in [5, 5.41) is 2.87. The highest BCUT2D eigenvalue weighted by Crippen LogP contribution is 2.25. The zero-order valence-corrected chi connectivity index (χ0v) is 22.3. The quantitative estimate of drug-likeness (QED) is 0.412. The summed E-state index contributed by atoms with van der Waals surface area (Å²) in [6.07, 6.45) is 3.11. The highest BCUT2D eigenvalue weighted by atomic mass is 16.5. The Morgan fingerprint density at radius 2 is 1.82 bits per heavy atom. The molecule has 3 aromatic rings. The van der Waals surface area contributed by atoms with Gasteiger partial charge in [0.1, 0.15) is 17.9 Å². The molecule has 0 spiro atoms. The monoisotopic (exact) mass is 544 g/mol. The minimum Gasteiger partial charge on any atom is -0.490 e. The van der Waals surface area contributed by atoms with Crippen LogP contribution in [0.3, 0.4) is 0 Å². The predicted octanol–water partition coefficient (Wildman–Crippen LogP) is 2.56. The van der Waals surface area contributed by atoms with E-state index in [2.05, 4.69) is 28.9 Å². The van der Waals surface area contributed by atoms with Crippen molar-refractivity contribution in [2.75, 3.05) is 50.8 Å². The van der Waals surface area contributed by atoms with Gasteiger partial charge in [-0.1, -0.05) is 30.9 Å². The number of rotatable bonds is 9. The summed E-state index contributed by atoms with van der Waals surface area (Å²) in [6.45, 7) is 7.36. The maximum atomic E-state index is 12.8. The number of anilines is 1. The minimum atomic E-state index is -0.636. The fourth-order valence-electron chi connectivity index (χ4n) is 5.07. The first-order chi connectivity index (χ1) is 19.4. The molecule has 0 bridgehead atoms. The van der Waals surface area contributed by atoms with Gasteiger partial charge in [0, 0.05) is 57.4 Å². The first-order valence-electron chi connectivity index (χ1n) is 13.4. The molecule has 3 heterocycles. The van der Waals surface area contributed by atoms with Gasteiger partial charge in [0.15, 0.2) is 11.2 Å². The summed E-state index contributed by atoms with van der Waals surface area (Å²) >= 11 is 0. The number of ether oxygens (including phenoxy) is 1. The van der Waals surface area contributed by atoms with Gasteiger partial charge in [-0.3, -0.25) is 19.2 Å². The molecule has 10 nitrogen and oxygen atoms in total. The largest absolute Gasteiger partial charge is 0.490 e. The molecule has 40 heavy (non-hydrogen) atoms. The zero-order chi connectivity index (χ0) is 28.1. The lowest BCUT2D eigenvalue weighted by Gasteiger charge is -2.37. The molecule has 208 valence electrons. The van der Waals surface area contributed by atoms with Crippen LogP contribution in [0.1, 0.15) is 29.0 Å². The van der Waals surface area contributed by atoms with Gasteiger partial charge in [-0.2, -0.15) is 0 Å². The van der Waals surface area contributed by atoms with E-state index in [1.165, 1.54) is 0 Å². The van der Waals surface area contributed by atoms with Crippen LogP contribution in [-0.4, -0.2) is 73.4 Å². The number of hydrogen-bond donors (Lipinski definition) is 1. The van der Waals surface area contributed by atoms with Gasteiger partial charge in [0.05, 0.1) is 11.9 Å². The lowest BCUT2D eigenvalue weighted by molar-refractivity contribution is -0.130. The molecule has 0 unspecified atom stereocenters. The van der Waals surface area contributed by atoms with Crippen molar-refractivity contribution >= 4 is 34.4 Å². The van der Waals surface area contributed by atoms with Crippen LogP contribution in [0.2, 0.25) is 0 Å². The minimum absolute atomic E-state index is 0.164. The molecular formula is C30H32N4O6. The summed E-state index contributed by atoms with van der Waals surface area (Å²) in [6, 6.07) is 14.0. The number of amides is 3. The van der Waals surface area contributed by atoms with Crippen LogP contribution in [0.4, 0.5) is 5.69 Å². The molecule has 0 aliphatic carbocycles. The normalized spacial score (nSPS) is 15.4. The van der Waals surface area contributed by atoms with E-state index >= 15 is 0 Å². The van der Waals surface area contributed by atoms with Crippen LogP contribution < -0.4 is 20.4 Å². The number of para-hydroxylation sites is 1. The maximum Gasteiger partial charge on any atom is 0.287 e. The van der Waals surface area contributed by atoms with E-state index in [0.29, 0.717) is 56.9 Å². The summed E-state index contributed by atoms with van der Waals surface area (Å²) in [5.74, 6) is -0.326. The first kappa shape index (κ1) is 27.0. The number of fused-ring (bicyclic) bond motifs is 1. The van der Waals surface area contributed by atoms with E-state index < -0.39 is 5.91 Å². The lowest BCUT2D eigenvalue weighted by atomic mass is 10.1. The number of nitrogens with one attached hydrogen (secondary N) is 1. The van der Waals surface area contributed by atoms with Gasteiger partial charge in [0.25, 0.3) is 5.91 Å². The third kappa shape index (κ3) is 6.01. The van der Waals surface area contributed by atoms with Gasteiger partial charge in [0.2, 0.25) is 11.8 Å². The molecule has 2 aliphatic rings. The number of nitrogens with zero attached hydrogens (tertiary/aromatic N) is 3. The van der Waals surface area contributed by atoms with Gasteiger partial charge in [-0.25, -0.2) is 0 Å². The molecular weight excluding hydrogens is 512 g/mol. The smallest absolute Gasteiger partial charge is 0.287 e. The average molecular weight is 545 g/mol. The summed E-state index contributed by atoms with van der Waals surface area (Å²) < 4.78 is 11.1. The van der Waals surface area contributed by atoms with Crippen molar-refractivity contribution in [2.45, 2.75) is 19.4 Å². The Labute approximate surface area is 231 Å². The SMILES string of the molecule is C=CCOc1ccc2oc(C(=O)NCC(=O)N3CCN(c4ccccc4CN4CCCC4=O)CC3)cc(=O)c2c1. The second kappa shape index (κ2) is 12.1. The molecule has 10 heteroatoms. The molecule has 0 radical (unpaired) electrons. The number of piperazine rings is 1. The van der Waals surface area contributed by atoms with Crippen molar-refractivity contribution in [3.63, 3.8) is 0 Å². The Kier molecular flexibility index (Phi) is 8.14. The average Bonchev–Trinajstić information content (AvgIpc) is 3.38. The molecule has 0 saturated carbocycles. The van der Waals surface area contributed by atoms with Crippen molar-refractivity contribution in [2.24, 2.45) is 0 Å². The van der Waals surface area contributed by atoms with Crippen molar-refractivity contribution < 1.29 is 23.5 Å². The number of likely N-dealkylation sites (tertiary alicyclic amines) is 1. The van der Waals surface area contributed by atoms with Crippen molar-refractivity contribution in [1.29, 1.82) is 0 Å². The van der Waals surface area contributed by atoms with Gasteiger partial charge < -0.3 is 29.2 Å². The van der Waals surface area contributed by atoms with Crippen LogP contribution in [0.25, 0.3) is 11.0 Å². The maximum absolute atomic E-state index is 12.8. The van der Waals surface area contributed by atoms with E-state index in [1.807, 2.05) is 17.0 Å². The first-order valence-corrected chi connectivity index (χ1v) is 13.4.